The molecule has 1 aliphatic carbocycles. The molecular formula is C12H18F2O4. The van der Waals surface area contributed by atoms with E-state index in [1.165, 1.54) is 0 Å². The van der Waals surface area contributed by atoms with Gasteiger partial charge in [0.05, 0.1) is 0 Å². The molecular weight excluding hydrogens is 246 g/mol. The molecule has 0 saturated heterocycles. The Labute approximate surface area is 105 Å². The normalized spacial score (nSPS) is 18.4. The summed E-state index contributed by atoms with van der Waals surface area (Å²) < 4.78 is 34.4. The molecule has 0 aromatic heterocycles. The van der Waals surface area contributed by atoms with Gasteiger partial charge in [-0.2, -0.15) is 8.78 Å². The lowest BCUT2D eigenvalue weighted by molar-refractivity contribution is -0.180. The third kappa shape index (κ3) is 3.92. The maximum absolute atomic E-state index is 12.5. The average molecular weight is 264 g/mol. The van der Waals surface area contributed by atoms with Crippen LogP contribution in [0.1, 0.15) is 46.0 Å². The van der Waals surface area contributed by atoms with E-state index >= 15 is 0 Å². The van der Waals surface area contributed by atoms with E-state index in [4.69, 9.17) is 4.74 Å². The molecule has 18 heavy (non-hydrogen) atoms. The monoisotopic (exact) mass is 264 g/mol. The molecule has 0 radical (unpaired) electrons. The molecule has 0 aromatic rings. The zero-order valence-corrected chi connectivity index (χ0v) is 10.6. The van der Waals surface area contributed by atoms with E-state index in [2.05, 4.69) is 4.74 Å². The van der Waals surface area contributed by atoms with Crippen LogP contribution in [-0.4, -0.2) is 30.1 Å². The number of esters is 2. The minimum absolute atomic E-state index is 0.422. The first-order chi connectivity index (χ1) is 8.29. The van der Waals surface area contributed by atoms with Gasteiger partial charge in [0.25, 0.3) is 0 Å². The summed E-state index contributed by atoms with van der Waals surface area (Å²) >= 11 is 0. The number of ether oxygens (including phenoxy) is 2. The fourth-order valence-corrected chi connectivity index (χ4v) is 2.07. The molecule has 0 N–H and O–H groups in total. The second kappa shape index (κ2) is 5.63. The third-order valence-electron chi connectivity index (χ3n) is 3.17. The topological polar surface area (TPSA) is 52.6 Å². The Kier molecular flexibility index (Phi) is 4.65. The van der Waals surface area contributed by atoms with Crippen molar-refractivity contribution >= 4 is 11.9 Å². The van der Waals surface area contributed by atoms with E-state index in [0.29, 0.717) is 13.3 Å². The van der Waals surface area contributed by atoms with Gasteiger partial charge in [0, 0.05) is 6.92 Å². The quantitative estimate of drug-likeness (QED) is 0.716. The molecule has 6 heteroatoms. The van der Waals surface area contributed by atoms with Crippen LogP contribution in [0.3, 0.4) is 0 Å². The highest BCUT2D eigenvalue weighted by atomic mass is 19.3. The fourth-order valence-electron chi connectivity index (χ4n) is 2.07. The Bertz CT molecular complexity index is 317. The fraction of sp³-hybridized carbons (Fsp3) is 0.833. The lowest BCUT2D eigenvalue weighted by Gasteiger charge is -2.27. The van der Waals surface area contributed by atoms with Gasteiger partial charge in [0.1, 0.15) is 5.60 Å². The van der Waals surface area contributed by atoms with Crippen molar-refractivity contribution in [3.8, 4) is 0 Å². The van der Waals surface area contributed by atoms with Crippen LogP contribution in [0.15, 0.2) is 0 Å². The van der Waals surface area contributed by atoms with Crippen molar-refractivity contribution in [1.29, 1.82) is 0 Å². The summed E-state index contributed by atoms with van der Waals surface area (Å²) in [6, 6.07) is 0. The van der Waals surface area contributed by atoms with E-state index in [9.17, 15) is 18.4 Å². The van der Waals surface area contributed by atoms with Crippen molar-refractivity contribution in [1.82, 2.24) is 0 Å². The average Bonchev–Trinajstić information content (AvgIpc) is 2.73. The largest absolute Gasteiger partial charge is 0.457 e. The standard InChI is InChI=1S/C12H18F2O4/c1-3-12(6-4-5-7-12)18-9(15)8-17-10(16)11(2,13)14/h3-8H2,1-2H3. The molecule has 4 nitrogen and oxygen atoms in total. The maximum atomic E-state index is 12.5. The number of rotatable bonds is 5. The number of alkyl halides is 2. The molecule has 0 aliphatic heterocycles. The van der Waals surface area contributed by atoms with Gasteiger partial charge < -0.3 is 9.47 Å². The zero-order chi connectivity index (χ0) is 13.8. The van der Waals surface area contributed by atoms with Crippen LogP contribution in [0.5, 0.6) is 0 Å². The molecule has 0 amide bonds. The van der Waals surface area contributed by atoms with Gasteiger partial charge in [-0.05, 0) is 32.1 Å². The smallest absolute Gasteiger partial charge is 0.377 e. The molecule has 0 bridgehead atoms. The second-order valence-corrected chi connectivity index (χ2v) is 4.68. The van der Waals surface area contributed by atoms with Crippen molar-refractivity contribution in [3.05, 3.63) is 0 Å². The van der Waals surface area contributed by atoms with Gasteiger partial charge in [-0.15, -0.1) is 0 Å². The number of hydrogen-bond donors (Lipinski definition) is 0. The summed E-state index contributed by atoms with van der Waals surface area (Å²) in [4.78, 5) is 22.2. The van der Waals surface area contributed by atoms with Crippen LogP contribution in [0.2, 0.25) is 0 Å². The number of hydrogen-bond acceptors (Lipinski definition) is 4. The Morgan fingerprint density at radius 3 is 2.28 bits per heavy atom. The second-order valence-electron chi connectivity index (χ2n) is 4.68. The first-order valence-electron chi connectivity index (χ1n) is 6.06. The van der Waals surface area contributed by atoms with Gasteiger partial charge in [-0.25, -0.2) is 9.59 Å². The Balaban J connectivity index is 2.40. The van der Waals surface area contributed by atoms with E-state index in [1.54, 1.807) is 0 Å². The predicted molar refractivity (Wildman–Crippen MR) is 59.2 cm³/mol. The first-order valence-corrected chi connectivity index (χ1v) is 6.06. The van der Waals surface area contributed by atoms with Crippen LogP contribution in [0, 0.1) is 0 Å². The van der Waals surface area contributed by atoms with Crippen LogP contribution >= 0.6 is 0 Å². The molecule has 0 aromatic carbocycles. The molecule has 1 rings (SSSR count). The van der Waals surface area contributed by atoms with Crippen molar-refractivity contribution < 1.29 is 27.8 Å². The summed E-state index contributed by atoms with van der Waals surface area (Å²) in [5.41, 5.74) is -0.502. The summed E-state index contributed by atoms with van der Waals surface area (Å²) in [7, 11) is 0. The Morgan fingerprint density at radius 1 is 1.28 bits per heavy atom. The number of halogens is 2. The molecule has 0 atom stereocenters. The molecule has 1 fully saturated rings. The van der Waals surface area contributed by atoms with Crippen molar-refractivity contribution in [3.63, 3.8) is 0 Å². The molecule has 0 spiro atoms. The number of carbonyl (C=O) groups is 2. The lowest BCUT2D eigenvalue weighted by atomic mass is 9.99. The van der Waals surface area contributed by atoms with Gasteiger partial charge in [-0.3, -0.25) is 0 Å². The lowest BCUT2D eigenvalue weighted by Crippen LogP contribution is -2.35. The minimum atomic E-state index is -3.59. The van der Waals surface area contributed by atoms with Gasteiger partial charge >= 0.3 is 17.9 Å². The van der Waals surface area contributed by atoms with Crippen LogP contribution in [0.4, 0.5) is 8.78 Å². The van der Waals surface area contributed by atoms with E-state index in [0.717, 1.165) is 25.7 Å². The van der Waals surface area contributed by atoms with Crippen molar-refractivity contribution in [2.75, 3.05) is 6.61 Å². The van der Waals surface area contributed by atoms with Crippen LogP contribution in [0.25, 0.3) is 0 Å². The maximum Gasteiger partial charge on any atom is 0.377 e. The SMILES string of the molecule is CCC1(OC(=O)COC(=O)C(C)(F)F)CCCC1. The molecule has 0 heterocycles. The Morgan fingerprint density at radius 2 is 1.83 bits per heavy atom. The molecule has 104 valence electrons. The van der Waals surface area contributed by atoms with Crippen LogP contribution < -0.4 is 0 Å². The van der Waals surface area contributed by atoms with Gasteiger partial charge in [-0.1, -0.05) is 6.92 Å². The van der Waals surface area contributed by atoms with Gasteiger partial charge in [0.2, 0.25) is 0 Å². The molecule has 0 unspecified atom stereocenters. The summed E-state index contributed by atoms with van der Waals surface area (Å²) in [5.74, 6) is -6.07. The van der Waals surface area contributed by atoms with Crippen LogP contribution in [-0.2, 0) is 19.1 Å². The van der Waals surface area contributed by atoms with Crippen molar-refractivity contribution in [2.24, 2.45) is 0 Å². The zero-order valence-electron chi connectivity index (χ0n) is 10.6. The van der Waals surface area contributed by atoms with Gasteiger partial charge in [0.15, 0.2) is 6.61 Å². The Hall–Kier alpha value is -1.20. The molecule has 1 aliphatic rings. The number of carbonyl (C=O) groups excluding carboxylic acids is 2. The third-order valence-corrected chi connectivity index (χ3v) is 3.17. The summed E-state index contributed by atoms with van der Waals surface area (Å²) in [6.07, 6.45) is 4.18. The predicted octanol–water partition coefficient (Wildman–Crippen LogP) is 2.45. The highest BCUT2D eigenvalue weighted by molar-refractivity contribution is 5.80. The summed E-state index contributed by atoms with van der Waals surface area (Å²) in [6.45, 7) is 1.57. The minimum Gasteiger partial charge on any atom is -0.457 e. The van der Waals surface area contributed by atoms with E-state index < -0.39 is 30.1 Å². The van der Waals surface area contributed by atoms with E-state index in [1.807, 2.05) is 6.92 Å². The first kappa shape index (κ1) is 14.9. The van der Waals surface area contributed by atoms with Crippen molar-refractivity contribution in [2.45, 2.75) is 57.5 Å². The highest BCUT2D eigenvalue weighted by Gasteiger charge is 2.38. The van der Waals surface area contributed by atoms with E-state index in [-0.39, 0.29) is 0 Å². The highest BCUT2D eigenvalue weighted by Crippen LogP contribution is 2.35. The summed E-state index contributed by atoms with van der Waals surface area (Å²) in [5, 5.41) is 0. The molecule has 1 saturated carbocycles.